The number of halogens is 4. The number of piperidine rings is 2. The monoisotopic (exact) mass is 544 g/mol. The van der Waals surface area contributed by atoms with E-state index in [2.05, 4.69) is 23.6 Å². The van der Waals surface area contributed by atoms with Crippen molar-refractivity contribution >= 4 is 34.8 Å². The number of hydrogen-bond acceptors (Lipinski definition) is 4. The Hall–Kier alpha value is -0.920. The Morgan fingerprint density at radius 2 is 1.26 bits per heavy atom. The third kappa shape index (κ3) is 6.89. The van der Waals surface area contributed by atoms with Gasteiger partial charge < -0.3 is 20.0 Å². The van der Waals surface area contributed by atoms with Gasteiger partial charge in [-0.1, -0.05) is 72.9 Å². The lowest BCUT2D eigenvalue weighted by Gasteiger charge is -2.39. The quantitative estimate of drug-likeness (QED) is 0.452. The van der Waals surface area contributed by atoms with Crippen LogP contribution in [-0.2, 0) is 11.2 Å². The fraction of sp³-hybridized carbons (Fsp3) is 0.556. The second-order valence-corrected chi connectivity index (χ2v) is 10.7. The number of aliphatic hydroxyl groups is 2. The smallest absolute Gasteiger partial charge is 0.147 e. The summed E-state index contributed by atoms with van der Waals surface area (Å²) >= 11 is 18.0. The van der Waals surface area contributed by atoms with Crippen molar-refractivity contribution in [3.05, 3.63) is 68.4 Å². The van der Waals surface area contributed by atoms with Crippen LogP contribution < -0.4 is 0 Å². The zero-order chi connectivity index (χ0) is 25.6. The minimum atomic E-state index is -1.07. The Bertz CT molecular complexity index is 975. The first-order valence-electron chi connectivity index (χ1n) is 12.4. The van der Waals surface area contributed by atoms with Gasteiger partial charge in [0.1, 0.15) is 5.82 Å². The van der Waals surface area contributed by atoms with Crippen LogP contribution in [0.25, 0.3) is 0 Å². The van der Waals surface area contributed by atoms with Crippen molar-refractivity contribution in [1.82, 2.24) is 9.80 Å². The van der Waals surface area contributed by atoms with Crippen LogP contribution >= 0.6 is 34.8 Å². The fourth-order valence-electron chi connectivity index (χ4n) is 4.97. The molecule has 2 N–H and O–H groups in total. The molecule has 2 saturated heterocycles. The zero-order valence-electron chi connectivity index (χ0n) is 20.5. The number of nitrogens with zero attached hydrogens (tertiary/aromatic N) is 2. The predicted molar refractivity (Wildman–Crippen MR) is 143 cm³/mol. The summed E-state index contributed by atoms with van der Waals surface area (Å²) in [6.07, 6.45) is 3.69. The highest BCUT2D eigenvalue weighted by Crippen LogP contribution is 2.39. The third-order valence-corrected chi connectivity index (χ3v) is 8.37. The van der Waals surface area contributed by atoms with Gasteiger partial charge in [0.05, 0.1) is 26.3 Å². The van der Waals surface area contributed by atoms with Gasteiger partial charge in [-0.3, -0.25) is 0 Å². The maximum Gasteiger partial charge on any atom is 0.147 e. The number of rotatable bonds is 5. The highest BCUT2D eigenvalue weighted by Gasteiger charge is 2.37. The van der Waals surface area contributed by atoms with E-state index < -0.39 is 17.0 Å². The molecule has 4 nitrogen and oxygen atoms in total. The topological polar surface area (TPSA) is 46.9 Å². The van der Waals surface area contributed by atoms with E-state index in [4.69, 9.17) is 34.8 Å². The molecule has 2 heterocycles. The van der Waals surface area contributed by atoms with Crippen molar-refractivity contribution in [2.75, 3.05) is 39.3 Å². The summed E-state index contributed by atoms with van der Waals surface area (Å²) in [5, 5.41) is 22.4. The van der Waals surface area contributed by atoms with Gasteiger partial charge in [-0.2, -0.15) is 0 Å². The Labute approximate surface area is 223 Å². The molecule has 35 heavy (non-hydrogen) atoms. The molecule has 0 aliphatic carbocycles. The Kier molecular flexibility index (Phi) is 10.3. The second-order valence-electron chi connectivity index (χ2n) is 9.54. The lowest BCUT2D eigenvalue weighted by atomic mass is 9.84. The fourth-order valence-corrected chi connectivity index (χ4v) is 5.62. The second kappa shape index (κ2) is 12.6. The van der Waals surface area contributed by atoms with E-state index >= 15 is 0 Å². The van der Waals surface area contributed by atoms with Crippen LogP contribution in [-0.4, -0.2) is 59.3 Å². The van der Waals surface area contributed by atoms with Gasteiger partial charge in [0, 0.05) is 37.3 Å². The molecule has 0 unspecified atom stereocenters. The maximum atomic E-state index is 13.9. The molecule has 0 radical (unpaired) electrons. The standard InChI is InChI=1S/C14H19Cl2NO.C13H17ClFNO/c1-2-8-17-9-6-14(18,7-10-17)11-4-3-5-12(15)13(11)16;1-2-16-8-6-13(17,7-9-16)10-4-3-5-11(14)12(10)15/h3-5,18H,2,6-10H2,1H3;3-5,17H,2,6-9H2,1H3. The van der Waals surface area contributed by atoms with Gasteiger partial charge >= 0.3 is 0 Å². The lowest BCUT2D eigenvalue weighted by Crippen LogP contribution is -2.42. The van der Waals surface area contributed by atoms with Crippen molar-refractivity contribution in [2.45, 2.75) is 57.2 Å². The van der Waals surface area contributed by atoms with E-state index in [1.54, 1.807) is 18.2 Å². The number of hydrogen-bond donors (Lipinski definition) is 2. The van der Waals surface area contributed by atoms with Crippen LogP contribution in [0.4, 0.5) is 4.39 Å². The van der Waals surface area contributed by atoms with E-state index in [1.807, 2.05) is 12.1 Å². The minimum Gasteiger partial charge on any atom is -0.385 e. The summed E-state index contributed by atoms with van der Waals surface area (Å²) < 4.78 is 13.9. The van der Waals surface area contributed by atoms with Crippen molar-refractivity contribution in [1.29, 1.82) is 0 Å². The first-order valence-corrected chi connectivity index (χ1v) is 13.6. The molecule has 0 atom stereocenters. The SMILES string of the molecule is CCCN1CCC(O)(c2cccc(Cl)c2Cl)CC1.CCN1CCC(O)(c2cccc(Cl)c2F)CC1. The van der Waals surface area contributed by atoms with Crippen LogP contribution in [0.15, 0.2) is 36.4 Å². The van der Waals surface area contributed by atoms with E-state index in [-0.39, 0.29) is 5.02 Å². The molecule has 2 aliphatic rings. The minimum absolute atomic E-state index is 0.0776. The largest absolute Gasteiger partial charge is 0.385 e. The summed E-state index contributed by atoms with van der Waals surface area (Å²) in [6.45, 7) is 9.73. The summed E-state index contributed by atoms with van der Waals surface area (Å²) in [7, 11) is 0. The number of benzene rings is 2. The molecule has 8 heteroatoms. The molecule has 0 spiro atoms. The third-order valence-electron chi connectivity index (χ3n) is 7.26. The molecular weight excluding hydrogens is 510 g/mol. The molecule has 0 bridgehead atoms. The van der Waals surface area contributed by atoms with Crippen LogP contribution in [0, 0.1) is 5.82 Å². The number of likely N-dealkylation sites (tertiary alicyclic amines) is 2. The molecule has 2 aliphatic heterocycles. The lowest BCUT2D eigenvalue weighted by molar-refractivity contribution is -0.0273. The van der Waals surface area contributed by atoms with Gasteiger partial charge in [-0.25, -0.2) is 4.39 Å². The maximum absolute atomic E-state index is 13.9. The molecular formula is C27H36Cl3FN2O2. The molecule has 2 fully saturated rings. The van der Waals surface area contributed by atoms with Gasteiger partial charge in [-0.15, -0.1) is 0 Å². The van der Waals surface area contributed by atoms with Gasteiger partial charge in [-0.05, 0) is 57.3 Å². The highest BCUT2D eigenvalue weighted by atomic mass is 35.5. The molecule has 4 rings (SSSR count). The molecule has 0 aromatic heterocycles. The normalized spacial score (nSPS) is 20.2. The summed E-state index contributed by atoms with van der Waals surface area (Å²) in [6, 6.07) is 10.3. The Morgan fingerprint density at radius 1 is 0.771 bits per heavy atom. The van der Waals surface area contributed by atoms with Gasteiger partial charge in [0.25, 0.3) is 0 Å². The van der Waals surface area contributed by atoms with E-state index in [9.17, 15) is 14.6 Å². The van der Waals surface area contributed by atoms with Crippen molar-refractivity contribution in [3.63, 3.8) is 0 Å². The van der Waals surface area contributed by atoms with E-state index in [0.717, 1.165) is 51.3 Å². The summed E-state index contributed by atoms with van der Waals surface area (Å²) in [4.78, 5) is 4.63. The van der Waals surface area contributed by atoms with E-state index in [1.165, 1.54) is 6.07 Å². The Morgan fingerprint density at radius 3 is 1.80 bits per heavy atom. The highest BCUT2D eigenvalue weighted by molar-refractivity contribution is 6.42. The van der Waals surface area contributed by atoms with E-state index in [0.29, 0.717) is 41.3 Å². The van der Waals surface area contributed by atoms with Crippen molar-refractivity contribution in [3.8, 4) is 0 Å². The first-order chi connectivity index (χ1) is 16.6. The molecule has 194 valence electrons. The molecule has 2 aromatic carbocycles. The van der Waals surface area contributed by atoms with Crippen LogP contribution in [0.1, 0.15) is 57.1 Å². The Balaban J connectivity index is 0.000000196. The predicted octanol–water partition coefficient (Wildman–Crippen LogP) is 6.47. The van der Waals surface area contributed by atoms with Crippen LogP contribution in [0.3, 0.4) is 0 Å². The van der Waals surface area contributed by atoms with Crippen molar-refractivity contribution in [2.24, 2.45) is 0 Å². The van der Waals surface area contributed by atoms with Crippen LogP contribution in [0.5, 0.6) is 0 Å². The average molecular weight is 546 g/mol. The van der Waals surface area contributed by atoms with Crippen molar-refractivity contribution < 1.29 is 14.6 Å². The summed E-state index contributed by atoms with van der Waals surface area (Å²) in [5.74, 6) is -0.485. The molecule has 0 saturated carbocycles. The van der Waals surface area contributed by atoms with Crippen LogP contribution in [0.2, 0.25) is 15.1 Å². The average Bonchev–Trinajstić information content (AvgIpc) is 2.85. The molecule has 2 aromatic rings. The summed E-state index contributed by atoms with van der Waals surface area (Å²) in [5.41, 5.74) is -0.791. The van der Waals surface area contributed by atoms with Gasteiger partial charge in [0.15, 0.2) is 0 Å². The first kappa shape index (κ1) is 28.6. The van der Waals surface area contributed by atoms with Gasteiger partial charge in [0.2, 0.25) is 0 Å². The molecule has 0 amide bonds. The zero-order valence-corrected chi connectivity index (χ0v) is 22.8.